The van der Waals surface area contributed by atoms with Gasteiger partial charge in [-0.2, -0.15) is 0 Å². The third-order valence-corrected chi connectivity index (χ3v) is 4.01. The van der Waals surface area contributed by atoms with Crippen LogP contribution in [0.1, 0.15) is 39.5 Å². The van der Waals surface area contributed by atoms with E-state index >= 15 is 0 Å². The summed E-state index contributed by atoms with van der Waals surface area (Å²) in [6.07, 6.45) is 8.36. The summed E-state index contributed by atoms with van der Waals surface area (Å²) < 4.78 is 5.69. The number of rotatable bonds is 14. The normalized spacial score (nSPS) is 13.6. The molecule has 0 radical (unpaired) electrons. The van der Waals surface area contributed by atoms with Crippen LogP contribution in [0.25, 0.3) is 0 Å². The molecular weight excluding hydrogens is 286 g/mol. The van der Waals surface area contributed by atoms with Crippen molar-refractivity contribution in [3.8, 4) is 0 Å². The van der Waals surface area contributed by atoms with E-state index in [9.17, 15) is 20.1 Å². The van der Waals surface area contributed by atoms with Gasteiger partial charge in [0.15, 0.2) is 12.8 Å². The van der Waals surface area contributed by atoms with E-state index in [0.29, 0.717) is 6.61 Å². The number of unbranched alkanes of at least 4 members (excludes halogenated alkanes) is 3. The minimum atomic E-state index is -0.947. The fraction of sp³-hybridized carbons (Fsp3) is 0.812. The fourth-order valence-corrected chi connectivity index (χ4v) is 2.43. The third-order valence-electron chi connectivity index (χ3n) is 4.01. The molecule has 0 amide bonds. The molecule has 0 aromatic rings. The van der Waals surface area contributed by atoms with Gasteiger partial charge in [-0.05, 0) is 33.1 Å². The molecular formula is C16H32NO5+. The highest BCUT2D eigenvalue weighted by atomic mass is 16.5. The smallest absolute Gasteiger partial charge is 0.362 e. The average Bonchev–Trinajstić information content (AvgIpc) is 2.49. The van der Waals surface area contributed by atoms with Crippen LogP contribution in [-0.2, 0) is 9.53 Å². The molecule has 0 saturated heterocycles. The van der Waals surface area contributed by atoms with Crippen molar-refractivity contribution in [3.63, 3.8) is 0 Å². The molecule has 0 aromatic heterocycles. The summed E-state index contributed by atoms with van der Waals surface area (Å²) in [5.41, 5.74) is 0. The van der Waals surface area contributed by atoms with Gasteiger partial charge in [0.05, 0.1) is 19.8 Å². The third kappa shape index (κ3) is 7.89. The van der Waals surface area contributed by atoms with Gasteiger partial charge in [0.1, 0.15) is 13.1 Å². The first kappa shape index (κ1) is 21.0. The van der Waals surface area contributed by atoms with E-state index in [2.05, 4.69) is 6.08 Å². The lowest BCUT2D eigenvalue weighted by Gasteiger charge is -2.40. The van der Waals surface area contributed by atoms with Crippen LogP contribution in [0.2, 0.25) is 0 Å². The topological polar surface area (TPSA) is 87.0 Å². The number of hydrogen-bond donors (Lipinski definition) is 3. The van der Waals surface area contributed by atoms with Crippen LogP contribution in [-0.4, -0.2) is 71.5 Å². The number of carboxylic acid groups (broad SMARTS) is 1. The number of aliphatic hydroxyl groups is 2. The first-order valence-electron chi connectivity index (χ1n) is 8.03. The summed E-state index contributed by atoms with van der Waals surface area (Å²) in [6, 6.07) is -0.728. The van der Waals surface area contributed by atoms with E-state index < -0.39 is 12.0 Å². The molecule has 0 aliphatic carbocycles. The Morgan fingerprint density at radius 1 is 1.18 bits per heavy atom. The van der Waals surface area contributed by atoms with E-state index in [4.69, 9.17) is 4.74 Å². The summed E-state index contributed by atoms with van der Waals surface area (Å²) in [7, 11) is 0. The average molecular weight is 318 g/mol. The van der Waals surface area contributed by atoms with E-state index in [1.54, 1.807) is 6.92 Å². The molecule has 0 aliphatic heterocycles. The van der Waals surface area contributed by atoms with Crippen LogP contribution in [0, 0.1) is 0 Å². The molecule has 130 valence electrons. The zero-order valence-corrected chi connectivity index (χ0v) is 13.9. The quantitative estimate of drug-likeness (QED) is 0.195. The number of aliphatic hydroxyl groups excluding tert-OH is 2. The van der Waals surface area contributed by atoms with E-state index in [1.807, 2.05) is 13.0 Å². The van der Waals surface area contributed by atoms with Crippen LogP contribution in [0.3, 0.4) is 0 Å². The number of quaternary nitrogens is 1. The molecule has 22 heavy (non-hydrogen) atoms. The molecule has 0 fully saturated rings. The first-order chi connectivity index (χ1) is 10.5. The van der Waals surface area contributed by atoms with Gasteiger partial charge < -0.3 is 20.1 Å². The SMILES string of the molecule is C/C=C/CCCCCOC[N+](CCO)(CCO)C(C)C(=O)O. The predicted molar refractivity (Wildman–Crippen MR) is 85.4 cm³/mol. The van der Waals surface area contributed by atoms with E-state index in [-0.39, 0.29) is 37.5 Å². The summed E-state index contributed by atoms with van der Waals surface area (Å²) >= 11 is 0. The Kier molecular flexibility index (Phi) is 12.0. The zero-order valence-electron chi connectivity index (χ0n) is 13.9. The molecule has 1 atom stereocenters. The molecule has 0 aromatic carbocycles. The number of nitrogens with zero attached hydrogens (tertiary/aromatic N) is 1. The number of hydrogen-bond acceptors (Lipinski definition) is 4. The molecule has 0 spiro atoms. The van der Waals surface area contributed by atoms with Gasteiger partial charge >= 0.3 is 5.97 Å². The van der Waals surface area contributed by atoms with Crippen LogP contribution in [0.15, 0.2) is 12.2 Å². The maximum Gasteiger partial charge on any atom is 0.362 e. The van der Waals surface area contributed by atoms with Crippen molar-refractivity contribution >= 4 is 5.97 Å². The van der Waals surface area contributed by atoms with Crippen LogP contribution >= 0.6 is 0 Å². The van der Waals surface area contributed by atoms with Crippen LogP contribution in [0.4, 0.5) is 0 Å². The van der Waals surface area contributed by atoms with Crippen molar-refractivity contribution < 1.29 is 29.3 Å². The van der Waals surface area contributed by atoms with Crippen molar-refractivity contribution in [2.24, 2.45) is 0 Å². The summed E-state index contributed by atoms with van der Waals surface area (Å²) in [6.45, 7) is 4.61. The first-order valence-corrected chi connectivity index (χ1v) is 8.03. The Bertz CT molecular complexity index is 314. The van der Waals surface area contributed by atoms with Gasteiger partial charge in [0, 0.05) is 0 Å². The highest BCUT2D eigenvalue weighted by Gasteiger charge is 2.38. The van der Waals surface area contributed by atoms with E-state index in [1.165, 1.54) is 0 Å². The van der Waals surface area contributed by atoms with Crippen molar-refractivity contribution in [2.45, 2.75) is 45.6 Å². The Labute approximate surface area is 133 Å². The second kappa shape index (κ2) is 12.6. The molecule has 0 aliphatic rings. The van der Waals surface area contributed by atoms with Crippen LogP contribution in [0.5, 0.6) is 0 Å². The molecule has 6 heteroatoms. The number of ether oxygens (including phenoxy) is 1. The monoisotopic (exact) mass is 318 g/mol. The molecule has 0 rings (SSSR count). The van der Waals surface area contributed by atoms with Gasteiger partial charge in [-0.3, -0.25) is 4.48 Å². The highest BCUT2D eigenvalue weighted by Crippen LogP contribution is 2.15. The van der Waals surface area contributed by atoms with Crippen molar-refractivity contribution in [1.29, 1.82) is 0 Å². The molecule has 0 bridgehead atoms. The number of carbonyl (C=O) groups is 1. The molecule has 0 heterocycles. The van der Waals surface area contributed by atoms with Crippen molar-refractivity contribution in [2.75, 3.05) is 39.6 Å². The second-order valence-electron chi connectivity index (χ2n) is 5.58. The lowest BCUT2D eigenvalue weighted by molar-refractivity contribution is -0.959. The van der Waals surface area contributed by atoms with Gasteiger partial charge in [-0.1, -0.05) is 18.6 Å². The van der Waals surface area contributed by atoms with Gasteiger partial charge in [-0.15, -0.1) is 0 Å². The molecule has 0 saturated carbocycles. The molecule has 1 unspecified atom stereocenters. The lowest BCUT2D eigenvalue weighted by atomic mass is 10.2. The Morgan fingerprint density at radius 2 is 1.82 bits per heavy atom. The van der Waals surface area contributed by atoms with Crippen molar-refractivity contribution in [3.05, 3.63) is 12.2 Å². The van der Waals surface area contributed by atoms with Gasteiger partial charge in [-0.25, -0.2) is 4.79 Å². The van der Waals surface area contributed by atoms with Gasteiger partial charge in [0.25, 0.3) is 0 Å². The zero-order chi connectivity index (χ0) is 16.8. The molecule has 3 N–H and O–H groups in total. The minimum Gasteiger partial charge on any atom is -0.477 e. The maximum atomic E-state index is 11.3. The molecule has 6 nitrogen and oxygen atoms in total. The number of allylic oxidation sites excluding steroid dienone is 2. The fourth-order valence-electron chi connectivity index (χ4n) is 2.43. The minimum absolute atomic E-state index is 0.0426. The van der Waals surface area contributed by atoms with Gasteiger partial charge in [0.2, 0.25) is 0 Å². The van der Waals surface area contributed by atoms with Crippen LogP contribution < -0.4 is 0 Å². The highest BCUT2D eigenvalue weighted by molar-refractivity contribution is 5.71. The number of aliphatic carboxylic acids is 1. The summed E-state index contributed by atoms with van der Waals surface area (Å²) in [5.74, 6) is -0.947. The standard InChI is InChI=1S/C16H31NO5/c1-3-4-5-6-7-8-13-22-14-17(9-11-18,10-12-19)15(2)16(20)21/h3-4,15,18-19H,5-14H2,1-2H3/p+1/b4-3+. The maximum absolute atomic E-state index is 11.3. The second-order valence-corrected chi connectivity index (χ2v) is 5.58. The Balaban J connectivity index is 4.31. The summed E-state index contributed by atoms with van der Waals surface area (Å²) in [5, 5.41) is 27.7. The Morgan fingerprint density at radius 3 is 2.32 bits per heavy atom. The van der Waals surface area contributed by atoms with E-state index in [0.717, 1.165) is 25.7 Å². The Hall–Kier alpha value is -0.950. The number of carboxylic acids is 1. The van der Waals surface area contributed by atoms with Crippen molar-refractivity contribution in [1.82, 2.24) is 0 Å². The summed E-state index contributed by atoms with van der Waals surface area (Å²) in [4.78, 5) is 11.3. The predicted octanol–water partition coefficient (Wildman–Crippen LogP) is 1.37. The largest absolute Gasteiger partial charge is 0.477 e. The lowest BCUT2D eigenvalue weighted by Crippen LogP contribution is -2.61.